The molecule has 38 heavy (non-hydrogen) atoms. The molecule has 0 bridgehead atoms. The second-order valence-corrected chi connectivity index (χ2v) is 11.2. The van der Waals surface area contributed by atoms with Crippen molar-refractivity contribution in [1.82, 2.24) is 10.2 Å². The van der Waals surface area contributed by atoms with Crippen molar-refractivity contribution in [1.29, 1.82) is 0 Å². The molecule has 1 unspecified atom stereocenters. The number of nitrogens with one attached hydrogen (secondary N) is 1. The van der Waals surface area contributed by atoms with Crippen LogP contribution in [0.1, 0.15) is 86.1 Å². The molecule has 0 saturated heterocycles. The van der Waals surface area contributed by atoms with E-state index in [-0.39, 0.29) is 22.2 Å². The third-order valence-electron chi connectivity index (χ3n) is 7.58. The summed E-state index contributed by atoms with van der Waals surface area (Å²) in [4.78, 5) is 42.0. The molecule has 5 nitrogen and oxygen atoms in total. The Morgan fingerprint density at radius 1 is 0.895 bits per heavy atom. The molecule has 0 radical (unpaired) electrons. The first-order chi connectivity index (χ1) is 17.8. The van der Waals surface area contributed by atoms with Crippen molar-refractivity contribution < 1.29 is 27.6 Å². The van der Waals surface area contributed by atoms with Gasteiger partial charge in [-0.1, -0.05) is 82.5 Å². The second-order valence-electron chi connectivity index (χ2n) is 11.2. The quantitative estimate of drug-likeness (QED) is 0.462. The van der Waals surface area contributed by atoms with Crippen LogP contribution in [-0.2, 0) is 10.2 Å². The van der Waals surface area contributed by atoms with E-state index in [4.69, 9.17) is 0 Å². The number of ketones is 1. The molecule has 2 aromatic rings. The third kappa shape index (κ3) is 4.76. The predicted octanol–water partition coefficient (Wildman–Crippen LogP) is 6.35. The largest absolute Gasteiger partial charge is 0.425 e. The number of alkyl halides is 3. The van der Waals surface area contributed by atoms with Crippen LogP contribution in [-0.4, -0.2) is 40.3 Å². The summed E-state index contributed by atoms with van der Waals surface area (Å²) in [5.74, 6) is -3.34. The first kappa shape index (κ1) is 27.6. The Labute approximate surface area is 221 Å². The van der Waals surface area contributed by atoms with Crippen molar-refractivity contribution in [3.63, 3.8) is 0 Å². The molecule has 202 valence electrons. The van der Waals surface area contributed by atoms with Crippen molar-refractivity contribution in [2.75, 3.05) is 0 Å². The van der Waals surface area contributed by atoms with Crippen molar-refractivity contribution >= 4 is 17.6 Å². The highest BCUT2D eigenvalue weighted by atomic mass is 19.4. The molecule has 8 heteroatoms. The molecule has 2 aliphatic rings. The summed E-state index contributed by atoms with van der Waals surface area (Å²) in [6.45, 7) is 7.31. The number of rotatable bonds is 5. The standard InChI is InChI=1S/C30H33F3N2O3/c1-19-24(25(36)20-11-7-5-8-12-20)29(30(31,32)33,27(38)35(19)23-13-9-6-10-14-23)34-26(37)21-15-17-22(18-16-21)28(2,3)4/h5,7-8,11-12,15-18,23H,6,9-10,13-14H2,1-4H3,(H,34,37). The Hall–Kier alpha value is -3.42. The fourth-order valence-corrected chi connectivity index (χ4v) is 5.49. The summed E-state index contributed by atoms with van der Waals surface area (Å²) in [7, 11) is 0. The summed E-state index contributed by atoms with van der Waals surface area (Å²) in [5, 5.41) is 2.02. The maximum absolute atomic E-state index is 15.2. The molecule has 1 aliphatic heterocycles. The minimum absolute atomic E-state index is 0.0116. The highest BCUT2D eigenvalue weighted by molar-refractivity contribution is 6.19. The maximum atomic E-state index is 15.2. The zero-order chi connectivity index (χ0) is 27.9. The average molecular weight is 527 g/mol. The number of hydrogen-bond donors (Lipinski definition) is 1. The first-order valence-electron chi connectivity index (χ1n) is 12.9. The number of carbonyl (C=O) groups excluding carboxylic acids is 3. The van der Waals surface area contributed by atoms with Crippen LogP contribution in [0.4, 0.5) is 13.2 Å². The van der Waals surface area contributed by atoms with Gasteiger partial charge in [0.1, 0.15) is 0 Å². The summed E-state index contributed by atoms with van der Waals surface area (Å²) >= 11 is 0. The van der Waals surface area contributed by atoms with Crippen LogP contribution in [0.15, 0.2) is 65.9 Å². The number of amides is 2. The van der Waals surface area contributed by atoms with Gasteiger partial charge in [0.05, 0.1) is 5.57 Å². The van der Waals surface area contributed by atoms with Gasteiger partial charge >= 0.3 is 6.18 Å². The molecule has 1 atom stereocenters. The summed E-state index contributed by atoms with van der Waals surface area (Å²) in [6.07, 6.45) is -1.72. The molecule has 2 aromatic carbocycles. The lowest BCUT2D eigenvalue weighted by Crippen LogP contribution is -2.66. The fourth-order valence-electron chi connectivity index (χ4n) is 5.49. The van der Waals surface area contributed by atoms with E-state index in [0.717, 1.165) is 29.7 Å². The van der Waals surface area contributed by atoms with Crippen molar-refractivity contribution in [2.45, 2.75) is 83.0 Å². The topological polar surface area (TPSA) is 66.5 Å². The summed E-state index contributed by atoms with van der Waals surface area (Å²) in [6, 6.07) is 13.3. The van der Waals surface area contributed by atoms with E-state index in [1.807, 2.05) is 26.1 Å². The van der Waals surface area contributed by atoms with E-state index in [9.17, 15) is 14.4 Å². The van der Waals surface area contributed by atoms with Gasteiger partial charge in [0.15, 0.2) is 5.78 Å². The van der Waals surface area contributed by atoms with Crippen LogP contribution < -0.4 is 5.32 Å². The minimum Gasteiger partial charge on any atom is -0.326 e. The Balaban J connectivity index is 1.84. The molecular weight excluding hydrogens is 493 g/mol. The monoisotopic (exact) mass is 526 g/mol. The third-order valence-corrected chi connectivity index (χ3v) is 7.58. The molecule has 1 aliphatic carbocycles. The molecule has 1 heterocycles. The predicted molar refractivity (Wildman–Crippen MR) is 139 cm³/mol. The molecule has 2 amide bonds. The Bertz CT molecular complexity index is 1250. The van der Waals surface area contributed by atoms with E-state index in [0.29, 0.717) is 12.8 Å². The Kier molecular flexibility index (Phi) is 7.30. The molecule has 1 N–H and O–H groups in total. The van der Waals surface area contributed by atoms with Gasteiger partial charge in [-0.2, -0.15) is 13.2 Å². The number of allylic oxidation sites excluding steroid dienone is 1. The second kappa shape index (κ2) is 10.0. The lowest BCUT2D eigenvalue weighted by atomic mass is 9.83. The molecule has 0 spiro atoms. The van der Waals surface area contributed by atoms with Gasteiger partial charge in [-0.25, -0.2) is 0 Å². The van der Waals surface area contributed by atoms with E-state index in [1.54, 1.807) is 30.3 Å². The Morgan fingerprint density at radius 3 is 2.00 bits per heavy atom. The van der Waals surface area contributed by atoms with Gasteiger partial charge < -0.3 is 10.2 Å². The van der Waals surface area contributed by atoms with Crippen LogP contribution in [0.25, 0.3) is 0 Å². The van der Waals surface area contributed by atoms with Gasteiger partial charge in [0.25, 0.3) is 11.8 Å². The van der Waals surface area contributed by atoms with Crippen LogP contribution >= 0.6 is 0 Å². The number of benzene rings is 2. The molecule has 1 fully saturated rings. The number of Topliss-reactive ketones (excluding diaryl/α,β-unsaturated/α-hetero) is 1. The van der Waals surface area contributed by atoms with Gasteiger partial charge in [-0.3, -0.25) is 14.4 Å². The fraction of sp³-hybridized carbons (Fsp3) is 0.433. The van der Waals surface area contributed by atoms with E-state index >= 15 is 13.2 Å². The normalized spacial score (nSPS) is 21.1. The Morgan fingerprint density at radius 2 is 1.47 bits per heavy atom. The van der Waals surface area contributed by atoms with E-state index in [1.165, 1.54) is 31.2 Å². The van der Waals surface area contributed by atoms with Crippen LogP contribution in [0.3, 0.4) is 0 Å². The summed E-state index contributed by atoms with van der Waals surface area (Å²) < 4.78 is 45.5. The SMILES string of the molecule is CC1=C(C(=O)c2ccccc2)C(NC(=O)c2ccc(C(C)(C)C)cc2)(C(F)(F)F)C(=O)N1C1CCCCC1. The molecule has 0 aromatic heterocycles. The van der Waals surface area contributed by atoms with Crippen LogP contribution in [0.2, 0.25) is 0 Å². The lowest BCUT2D eigenvalue weighted by Gasteiger charge is -2.36. The zero-order valence-electron chi connectivity index (χ0n) is 22.1. The van der Waals surface area contributed by atoms with E-state index in [2.05, 4.69) is 0 Å². The van der Waals surface area contributed by atoms with Gasteiger partial charge in [0, 0.05) is 22.9 Å². The van der Waals surface area contributed by atoms with Crippen molar-refractivity contribution in [2.24, 2.45) is 0 Å². The number of halogens is 3. The number of carbonyl (C=O) groups is 3. The highest BCUT2D eigenvalue weighted by Gasteiger charge is 2.70. The van der Waals surface area contributed by atoms with Crippen molar-refractivity contribution in [3.05, 3.63) is 82.6 Å². The van der Waals surface area contributed by atoms with Gasteiger partial charge in [-0.05, 0) is 42.9 Å². The van der Waals surface area contributed by atoms with Gasteiger partial charge in [0.2, 0.25) is 5.54 Å². The van der Waals surface area contributed by atoms with E-state index < -0.39 is 40.9 Å². The van der Waals surface area contributed by atoms with Crippen LogP contribution in [0.5, 0.6) is 0 Å². The highest BCUT2D eigenvalue weighted by Crippen LogP contribution is 2.47. The number of hydrogen-bond acceptors (Lipinski definition) is 3. The van der Waals surface area contributed by atoms with Crippen molar-refractivity contribution in [3.8, 4) is 0 Å². The lowest BCUT2D eigenvalue weighted by molar-refractivity contribution is -0.190. The average Bonchev–Trinajstić information content (AvgIpc) is 3.10. The molecule has 4 rings (SSSR count). The number of nitrogens with zero attached hydrogens (tertiary/aromatic N) is 1. The summed E-state index contributed by atoms with van der Waals surface area (Å²) in [5.41, 5.74) is -3.65. The zero-order valence-corrected chi connectivity index (χ0v) is 22.1. The smallest absolute Gasteiger partial charge is 0.326 e. The minimum atomic E-state index is -5.27. The van der Waals surface area contributed by atoms with Gasteiger partial charge in [-0.15, -0.1) is 0 Å². The maximum Gasteiger partial charge on any atom is 0.425 e. The first-order valence-corrected chi connectivity index (χ1v) is 12.9. The molecular formula is C30H33F3N2O3. The molecule has 1 saturated carbocycles. The van der Waals surface area contributed by atoms with Crippen LogP contribution in [0, 0.1) is 0 Å².